The Morgan fingerprint density at radius 2 is 1.78 bits per heavy atom. The van der Waals surface area contributed by atoms with Gasteiger partial charge in [-0.2, -0.15) is 0 Å². The van der Waals surface area contributed by atoms with Gasteiger partial charge in [0.1, 0.15) is 0 Å². The number of β-amino-alcohol motifs (C(OH)–C–C–N with tert-alkyl or cyclic N) is 1. The Labute approximate surface area is 114 Å². The van der Waals surface area contributed by atoms with Gasteiger partial charge in [0.05, 0.1) is 6.10 Å². The Hall–Kier alpha value is -0.610. The smallest absolute Gasteiger partial charge is 0.0639 e. The second kappa shape index (κ2) is 6.53. The predicted molar refractivity (Wildman–Crippen MR) is 74.8 cm³/mol. The van der Waals surface area contributed by atoms with Crippen molar-refractivity contribution in [2.75, 3.05) is 32.7 Å². The van der Waals surface area contributed by atoms with Crippen LogP contribution in [-0.2, 0) is 6.54 Å². The molecule has 1 heterocycles. The molecule has 2 rings (SSSR count). The van der Waals surface area contributed by atoms with E-state index in [1.54, 1.807) is 0 Å². The highest BCUT2D eigenvalue weighted by molar-refractivity contribution is 6.31. The van der Waals surface area contributed by atoms with Crippen molar-refractivity contribution < 1.29 is 5.11 Å². The zero-order chi connectivity index (χ0) is 13.0. The average Bonchev–Trinajstić information content (AvgIpc) is 2.34. The SMILES string of the molecule is C[C@H](O)CN1CCN(Cc2ccccc2Cl)CC1. The van der Waals surface area contributed by atoms with E-state index in [2.05, 4.69) is 15.9 Å². The maximum atomic E-state index is 9.37. The van der Waals surface area contributed by atoms with Gasteiger partial charge in [-0.15, -0.1) is 0 Å². The van der Waals surface area contributed by atoms with Crippen molar-refractivity contribution in [3.8, 4) is 0 Å². The first kappa shape index (κ1) is 13.8. The summed E-state index contributed by atoms with van der Waals surface area (Å²) >= 11 is 6.17. The third-order valence-corrected chi connectivity index (χ3v) is 3.71. The van der Waals surface area contributed by atoms with Gasteiger partial charge >= 0.3 is 0 Å². The number of benzene rings is 1. The van der Waals surface area contributed by atoms with Crippen LogP contribution in [0.5, 0.6) is 0 Å². The summed E-state index contributed by atoms with van der Waals surface area (Å²) in [5, 5.41) is 10.2. The number of halogens is 1. The van der Waals surface area contributed by atoms with Crippen molar-refractivity contribution in [2.24, 2.45) is 0 Å². The van der Waals surface area contributed by atoms with Crippen molar-refractivity contribution in [1.29, 1.82) is 0 Å². The lowest BCUT2D eigenvalue weighted by molar-refractivity contribution is 0.0781. The molecule has 1 atom stereocenters. The third-order valence-electron chi connectivity index (χ3n) is 3.34. The summed E-state index contributed by atoms with van der Waals surface area (Å²) in [5.74, 6) is 0. The predicted octanol–water partition coefficient (Wildman–Crippen LogP) is 1.84. The van der Waals surface area contributed by atoms with E-state index in [4.69, 9.17) is 11.6 Å². The van der Waals surface area contributed by atoms with Crippen molar-refractivity contribution in [3.05, 3.63) is 34.9 Å². The molecule has 0 unspecified atom stereocenters. The quantitative estimate of drug-likeness (QED) is 0.903. The molecule has 0 aromatic heterocycles. The van der Waals surface area contributed by atoms with E-state index in [9.17, 15) is 5.11 Å². The molecule has 1 saturated heterocycles. The molecule has 1 aromatic rings. The number of nitrogens with zero attached hydrogens (tertiary/aromatic N) is 2. The van der Waals surface area contributed by atoms with Crippen molar-refractivity contribution in [2.45, 2.75) is 19.6 Å². The Morgan fingerprint density at radius 3 is 2.39 bits per heavy atom. The molecule has 1 aliphatic rings. The number of aliphatic hydroxyl groups is 1. The molecular formula is C14H21ClN2O. The molecule has 0 aliphatic carbocycles. The Morgan fingerprint density at radius 1 is 1.17 bits per heavy atom. The number of hydrogen-bond donors (Lipinski definition) is 1. The number of rotatable bonds is 4. The Balaban J connectivity index is 1.82. The Kier molecular flexibility index (Phi) is 5.01. The van der Waals surface area contributed by atoms with Crippen molar-refractivity contribution in [3.63, 3.8) is 0 Å². The highest BCUT2D eigenvalue weighted by atomic mass is 35.5. The summed E-state index contributed by atoms with van der Waals surface area (Å²) in [6, 6.07) is 8.03. The molecule has 1 aromatic carbocycles. The van der Waals surface area contributed by atoms with Gasteiger partial charge in [0.15, 0.2) is 0 Å². The molecule has 4 heteroatoms. The molecule has 100 valence electrons. The van der Waals surface area contributed by atoms with E-state index in [0.29, 0.717) is 0 Å². The summed E-state index contributed by atoms with van der Waals surface area (Å²) in [5.41, 5.74) is 1.20. The van der Waals surface area contributed by atoms with Gasteiger partial charge in [0.25, 0.3) is 0 Å². The molecule has 1 N–H and O–H groups in total. The van der Waals surface area contributed by atoms with E-state index < -0.39 is 0 Å². The fourth-order valence-corrected chi connectivity index (χ4v) is 2.57. The number of hydrogen-bond acceptors (Lipinski definition) is 3. The minimum atomic E-state index is -0.236. The van der Waals surface area contributed by atoms with Gasteiger partial charge in [-0.3, -0.25) is 9.80 Å². The maximum Gasteiger partial charge on any atom is 0.0639 e. The van der Waals surface area contributed by atoms with Gasteiger partial charge in [-0.1, -0.05) is 29.8 Å². The van der Waals surface area contributed by atoms with Gasteiger partial charge in [-0.25, -0.2) is 0 Å². The number of aliphatic hydroxyl groups excluding tert-OH is 1. The molecule has 18 heavy (non-hydrogen) atoms. The number of piperazine rings is 1. The van der Waals surface area contributed by atoms with Crippen LogP contribution in [0.1, 0.15) is 12.5 Å². The lowest BCUT2D eigenvalue weighted by Crippen LogP contribution is -2.47. The zero-order valence-electron chi connectivity index (χ0n) is 10.8. The van der Waals surface area contributed by atoms with Crippen LogP contribution in [0.4, 0.5) is 0 Å². The van der Waals surface area contributed by atoms with E-state index in [-0.39, 0.29) is 6.10 Å². The van der Waals surface area contributed by atoms with Gasteiger partial charge in [-0.05, 0) is 18.6 Å². The van der Waals surface area contributed by atoms with E-state index in [0.717, 1.165) is 44.3 Å². The van der Waals surface area contributed by atoms with Crippen LogP contribution in [0.15, 0.2) is 24.3 Å². The first-order chi connectivity index (χ1) is 8.65. The average molecular weight is 269 g/mol. The molecular weight excluding hydrogens is 248 g/mol. The van der Waals surface area contributed by atoms with Gasteiger partial charge in [0, 0.05) is 44.3 Å². The first-order valence-corrected chi connectivity index (χ1v) is 6.89. The molecule has 0 amide bonds. The Bertz CT molecular complexity index is 376. The van der Waals surface area contributed by atoms with Crippen LogP contribution in [0.25, 0.3) is 0 Å². The van der Waals surface area contributed by atoms with Crippen LogP contribution in [0, 0.1) is 0 Å². The molecule has 0 bridgehead atoms. The minimum absolute atomic E-state index is 0.236. The molecule has 0 saturated carbocycles. The van der Waals surface area contributed by atoms with E-state index in [1.165, 1.54) is 5.56 Å². The molecule has 1 fully saturated rings. The fourth-order valence-electron chi connectivity index (χ4n) is 2.37. The second-order valence-corrected chi connectivity index (χ2v) is 5.42. The van der Waals surface area contributed by atoms with E-state index >= 15 is 0 Å². The van der Waals surface area contributed by atoms with Crippen LogP contribution in [-0.4, -0.2) is 53.7 Å². The maximum absolute atomic E-state index is 9.37. The van der Waals surface area contributed by atoms with Gasteiger partial charge < -0.3 is 5.11 Å². The molecule has 1 aliphatic heterocycles. The summed E-state index contributed by atoms with van der Waals surface area (Å²) in [4.78, 5) is 4.73. The summed E-state index contributed by atoms with van der Waals surface area (Å²) < 4.78 is 0. The first-order valence-electron chi connectivity index (χ1n) is 6.51. The minimum Gasteiger partial charge on any atom is -0.392 e. The lowest BCUT2D eigenvalue weighted by atomic mass is 10.2. The van der Waals surface area contributed by atoms with Crippen molar-refractivity contribution >= 4 is 11.6 Å². The monoisotopic (exact) mass is 268 g/mol. The fraction of sp³-hybridized carbons (Fsp3) is 0.571. The van der Waals surface area contributed by atoms with Crippen LogP contribution in [0.2, 0.25) is 5.02 Å². The zero-order valence-corrected chi connectivity index (χ0v) is 11.6. The molecule has 0 spiro atoms. The molecule has 0 radical (unpaired) electrons. The van der Waals surface area contributed by atoms with E-state index in [1.807, 2.05) is 25.1 Å². The van der Waals surface area contributed by atoms with Gasteiger partial charge in [0.2, 0.25) is 0 Å². The lowest BCUT2D eigenvalue weighted by Gasteiger charge is -2.35. The van der Waals surface area contributed by atoms with Crippen molar-refractivity contribution in [1.82, 2.24) is 9.80 Å². The second-order valence-electron chi connectivity index (χ2n) is 5.02. The summed E-state index contributed by atoms with van der Waals surface area (Å²) in [6.45, 7) is 7.67. The normalized spacial score (nSPS) is 19.9. The highest BCUT2D eigenvalue weighted by Crippen LogP contribution is 2.17. The summed E-state index contributed by atoms with van der Waals surface area (Å²) in [7, 11) is 0. The summed E-state index contributed by atoms with van der Waals surface area (Å²) in [6.07, 6.45) is -0.236. The largest absolute Gasteiger partial charge is 0.392 e. The topological polar surface area (TPSA) is 26.7 Å². The van der Waals surface area contributed by atoms with Crippen LogP contribution in [0.3, 0.4) is 0 Å². The standard InChI is InChI=1S/C14H21ClN2O/c1-12(18)10-16-6-8-17(9-7-16)11-13-4-2-3-5-14(13)15/h2-5,12,18H,6-11H2,1H3/t12-/m0/s1. The third kappa shape index (κ3) is 3.95. The van der Waals surface area contributed by atoms with Crippen LogP contribution < -0.4 is 0 Å². The van der Waals surface area contributed by atoms with Crippen LogP contribution >= 0.6 is 11.6 Å². The molecule has 3 nitrogen and oxygen atoms in total. The highest BCUT2D eigenvalue weighted by Gasteiger charge is 2.18.